The molecule has 0 saturated carbocycles. The molecule has 1 unspecified atom stereocenters. The largest absolute Gasteiger partial charge is 0.324 e. The Hall–Kier alpha value is -1.65. The van der Waals surface area contributed by atoms with Crippen molar-refractivity contribution in [2.24, 2.45) is 5.73 Å². The standard InChI is InChI=1S/C15H15N3S/c16-12-2-1-3-14-11(12)6-7-18(14)10-4-5-13-15(8-10)19-9-17-13/h4-9,12H,1-3,16H2. The summed E-state index contributed by atoms with van der Waals surface area (Å²) in [6.45, 7) is 0. The van der Waals surface area contributed by atoms with Crippen LogP contribution in [0.1, 0.15) is 30.1 Å². The number of nitrogens with zero attached hydrogens (tertiary/aromatic N) is 2. The number of nitrogens with two attached hydrogens (primary N) is 1. The first-order valence-corrected chi connectivity index (χ1v) is 7.50. The van der Waals surface area contributed by atoms with Crippen LogP contribution in [0.25, 0.3) is 15.9 Å². The van der Waals surface area contributed by atoms with Crippen LogP contribution < -0.4 is 5.73 Å². The highest BCUT2D eigenvalue weighted by Gasteiger charge is 2.20. The third kappa shape index (κ3) is 1.71. The van der Waals surface area contributed by atoms with Crippen LogP contribution in [0.5, 0.6) is 0 Å². The molecule has 96 valence electrons. The molecule has 0 saturated heterocycles. The number of benzene rings is 1. The predicted molar refractivity (Wildman–Crippen MR) is 78.8 cm³/mol. The molecule has 0 amide bonds. The molecule has 2 N–H and O–H groups in total. The fourth-order valence-electron chi connectivity index (χ4n) is 2.96. The van der Waals surface area contributed by atoms with Gasteiger partial charge in [0.2, 0.25) is 0 Å². The van der Waals surface area contributed by atoms with Crippen LogP contribution in [0, 0.1) is 0 Å². The zero-order valence-corrected chi connectivity index (χ0v) is 11.4. The number of aromatic nitrogens is 2. The Bertz CT molecular complexity index is 741. The molecule has 0 radical (unpaired) electrons. The van der Waals surface area contributed by atoms with Crippen molar-refractivity contribution in [3.05, 3.63) is 47.2 Å². The fraction of sp³-hybridized carbons (Fsp3) is 0.267. The monoisotopic (exact) mass is 269 g/mol. The third-order valence-electron chi connectivity index (χ3n) is 3.95. The van der Waals surface area contributed by atoms with E-state index in [-0.39, 0.29) is 6.04 Å². The average Bonchev–Trinajstić information content (AvgIpc) is 3.04. The lowest BCUT2D eigenvalue weighted by atomic mass is 9.93. The topological polar surface area (TPSA) is 43.8 Å². The lowest BCUT2D eigenvalue weighted by Gasteiger charge is -2.21. The highest BCUT2D eigenvalue weighted by atomic mass is 32.1. The second-order valence-corrected chi connectivity index (χ2v) is 5.98. The van der Waals surface area contributed by atoms with Crippen LogP contribution >= 0.6 is 11.3 Å². The van der Waals surface area contributed by atoms with Crippen molar-refractivity contribution in [3.8, 4) is 5.69 Å². The maximum Gasteiger partial charge on any atom is 0.0813 e. The maximum absolute atomic E-state index is 6.19. The molecule has 3 nitrogen and oxygen atoms in total. The highest BCUT2D eigenvalue weighted by Crippen LogP contribution is 2.31. The van der Waals surface area contributed by atoms with E-state index in [0.717, 1.165) is 18.4 Å². The summed E-state index contributed by atoms with van der Waals surface area (Å²) in [7, 11) is 0. The Balaban J connectivity index is 1.87. The predicted octanol–water partition coefficient (Wildman–Crippen LogP) is 3.42. The van der Waals surface area contributed by atoms with Gasteiger partial charge in [-0.05, 0) is 49.1 Å². The Kier molecular flexibility index (Phi) is 2.47. The van der Waals surface area contributed by atoms with Gasteiger partial charge in [0.05, 0.1) is 15.7 Å². The maximum atomic E-state index is 6.19. The molecule has 1 aromatic carbocycles. The van der Waals surface area contributed by atoms with Gasteiger partial charge in [-0.2, -0.15) is 0 Å². The molecule has 19 heavy (non-hydrogen) atoms. The van der Waals surface area contributed by atoms with Crippen LogP contribution in [0.2, 0.25) is 0 Å². The Morgan fingerprint density at radius 2 is 2.26 bits per heavy atom. The van der Waals surface area contributed by atoms with Gasteiger partial charge in [0.25, 0.3) is 0 Å². The van der Waals surface area contributed by atoms with Crippen molar-refractivity contribution >= 4 is 21.6 Å². The summed E-state index contributed by atoms with van der Waals surface area (Å²) in [6.07, 6.45) is 5.56. The first-order valence-electron chi connectivity index (χ1n) is 6.62. The Labute approximate surface area is 115 Å². The number of rotatable bonds is 1. The average molecular weight is 269 g/mol. The minimum absolute atomic E-state index is 0.206. The molecule has 1 atom stereocenters. The molecule has 4 rings (SSSR count). The van der Waals surface area contributed by atoms with Crippen molar-refractivity contribution < 1.29 is 0 Å². The number of thiazole rings is 1. The molecular weight excluding hydrogens is 254 g/mol. The van der Waals surface area contributed by atoms with Crippen LogP contribution in [0.3, 0.4) is 0 Å². The van der Waals surface area contributed by atoms with Crippen LogP contribution in [0.15, 0.2) is 36.0 Å². The molecule has 0 bridgehead atoms. The van der Waals surface area contributed by atoms with Gasteiger partial charge in [0.1, 0.15) is 0 Å². The van der Waals surface area contributed by atoms with E-state index in [2.05, 4.69) is 40.0 Å². The fourth-order valence-corrected chi connectivity index (χ4v) is 3.67. The van der Waals surface area contributed by atoms with Gasteiger partial charge >= 0.3 is 0 Å². The SMILES string of the molecule is NC1CCCc2c1ccn2-c1ccc2ncsc2c1. The summed E-state index contributed by atoms with van der Waals surface area (Å²) in [6, 6.07) is 8.83. The molecule has 2 aromatic heterocycles. The van der Waals surface area contributed by atoms with Crippen molar-refractivity contribution in [2.75, 3.05) is 0 Å². The molecule has 1 aliphatic carbocycles. The summed E-state index contributed by atoms with van der Waals surface area (Å²) < 4.78 is 3.52. The number of hydrogen-bond donors (Lipinski definition) is 1. The van der Waals surface area contributed by atoms with Gasteiger partial charge in [-0.3, -0.25) is 0 Å². The van der Waals surface area contributed by atoms with Crippen molar-refractivity contribution in [3.63, 3.8) is 0 Å². The van der Waals surface area contributed by atoms with Gasteiger partial charge < -0.3 is 10.3 Å². The van der Waals surface area contributed by atoms with Crippen molar-refractivity contribution in [1.29, 1.82) is 0 Å². The molecular formula is C15H15N3S. The van der Waals surface area contributed by atoms with E-state index < -0.39 is 0 Å². The first kappa shape index (κ1) is 11.2. The molecule has 4 heteroatoms. The van der Waals surface area contributed by atoms with E-state index >= 15 is 0 Å². The molecule has 2 heterocycles. The van der Waals surface area contributed by atoms with E-state index in [9.17, 15) is 0 Å². The summed E-state index contributed by atoms with van der Waals surface area (Å²) in [5, 5.41) is 0. The summed E-state index contributed by atoms with van der Waals surface area (Å²) >= 11 is 1.69. The first-order chi connectivity index (χ1) is 9.33. The van der Waals surface area contributed by atoms with Gasteiger partial charge in [-0.15, -0.1) is 11.3 Å². The zero-order valence-electron chi connectivity index (χ0n) is 10.5. The normalized spacial score (nSPS) is 18.7. The van der Waals surface area contributed by atoms with Gasteiger partial charge in [-0.1, -0.05) is 0 Å². The second-order valence-electron chi connectivity index (χ2n) is 5.09. The molecule has 1 aliphatic rings. The van der Waals surface area contributed by atoms with Gasteiger partial charge in [-0.25, -0.2) is 4.98 Å². The lowest BCUT2D eigenvalue weighted by Crippen LogP contribution is -2.17. The lowest BCUT2D eigenvalue weighted by molar-refractivity contribution is 0.560. The Morgan fingerprint density at radius 1 is 1.32 bits per heavy atom. The smallest absolute Gasteiger partial charge is 0.0813 e. The van der Waals surface area contributed by atoms with E-state index in [0.29, 0.717) is 0 Å². The second kappa shape index (κ2) is 4.18. The Morgan fingerprint density at radius 3 is 3.21 bits per heavy atom. The van der Waals surface area contributed by atoms with Crippen LogP contribution in [-0.4, -0.2) is 9.55 Å². The zero-order chi connectivity index (χ0) is 12.8. The van der Waals surface area contributed by atoms with Crippen molar-refractivity contribution in [2.45, 2.75) is 25.3 Å². The minimum Gasteiger partial charge on any atom is -0.324 e. The molecule has 0 fully saturated rings. The van der Waals surface area contributed by atoms with Gasteiger partial charge in [0.15, 0.2) is 0 Å². The minimum atomic E-state index is 0.206. The summed E-state index contributed by atoms with van der Waals surface area (Å²) in [5.74, 6) is 0. The van der Waals surface area contributed by atoms with E-state index in [1.54, 1.807) is 11.3 Å². The molecule has 0 spiro atoms. The number of fused-ring (bicyclic) bond motifs is 2. The third-order valence-corrected chi connectivity index (χ3v) is 4.74. The van der Waals surface area contributed by atoms with E-state index in [4.69, 9.17) is 5.73 Å². The highest BCUT2D eigenvalue weighted by molar-refractivity contribution is 7.16. The van der Waals surface area contributed by atoms with E-state index in [1.165, 1.54) is 28.1 Å². The quantitative estimate of drug-likeness (QED) is 0.735. The summed E-state index contributed by atoms with van der Waals surface area (Å²) in [4.78, 5) is 4.33. The number of hydrogen-bond acceptors (Lipinski definition) is 3. The van der Waals surface area contributed by atoms with Gasteiger partial charge in [0, 0.05) is 23.6 Å². The molecule has 3 aromatic rings. The van der Waals surface area contributed by atoms with E-state index in [1.807, 2.05) is 5.51 Å². The van der Waals surface area contributed by atoms with Crippen LogP contribution in [-0.2, 0) is 6.42 Å². The van der Waals surface area contributed by atoms with Crippen LogP contribution in [0.4, 0.5) is 0 Å². The summed E-state index contributed by atoms with van der Waals surface area (Å²) in [5.41, 5.74) is 13.1. The van der Waals surface area contributed by atoms with Crippen molar-refractivity contribution in [1.82, 2.24) is 9.55 Å². The molecule has 0 aliphatic heterocycles.